The molecule has 5 heteroatoms. The summed E-state index contributed by atoms with van der Waals surface area (Å²) in [7, 11) is -3.24. The molecule has 0 bridgehead atoms. The van der Waals surface area contributed by atoms with Gasteiger partial charge in [0.2, 0.25) is 0 Å². The lowest BCUT2D eigenvalue weighted by Crippen LogP contribution is -2.26. The van der Waals surface area contributed by atoms with Crippen molar-refractivity contribution in [2.75, 3.05) is 12.8 Å². The second kappa shape index (κ2) is 5.90. The summed E-state index contributed by atoms with van der Waals surface area (Å²) in [5.74, 6) is 2.56. The second-order valence-electron chi connectivity index (χ2n) is 6.46. The van der Waals surface area contributed by atoms with Gasteiger partial charge < -0.3 is 5.32 Å². The van der Waals surface area contributed by atoms with Crippen molar-refractivity contribution in [3.8, 4) is 0 Å². The van der Waals surface area contributed by atoms with Crippen LogP contribution in [-0.4, -0.2) is 21.2 Å². The fourth-order valence-corrected chi connectivity index (χ4v) is 4.44. The lowest BCUT2D eigenvalue weighted by Gasteiger charge is -2.17. The van der Waals surface area contributed by atoms with Gasteiger partial charge in [0.25, 0.3) is 0 Å². The maximum atomic E-state index is 11.9. The van der Waals surface area contributed by atoms with E-state index >= 15 is 0 Å². The van der Waals surface area contributed by atoms with Crippen LogP contribution in [0.2, 0.25) is 5.02 Å². The van der Waals surface area contributed by atoms with Gasteiger partial charge >= 0.3 is 0 Å². The first kappa shape index (κ1) is 15.3. The molecule has 0 amide bonds. The summed E-state index contributed by atoms with van der Waals surface area (Å²) in [6.07, 6.45) is 6.69. The largest absolute Gasteiger partial charge is 0.312 e. The summed E-state index contributed by atoms with van der Waals surface area (Å²) in [4.78, 5) is 0.344. The first-order valence-corrected chi connectivity index (χ1v) is 9.92. The van der Waals surface area contributed by atoms with Gasteiger partial charge in [0.05, 0.1) is 4.90 Å². The molecule has 1 N–H and O–H groups in total. The van der Waals surface area contributed by atoms with E-state index in [1.807, 2.05) is 0 Å². The van der Waals surface area contributed by atoms with Crippen LogP contribution in [-0.2, 0) is 16.4 Å². The van der Waals surface area contributed by atoms with Crippen molar-refractivity contribution in [3.05, 3.63) is 28.8 Å². The van der Waals surface area contributed by atoms with E-state index < -0.39 is 9.84 Å². The zero-order valence-electron chi connectivity index (χ0n) is 12.3. The van der Waals surface area contributed by atoms with E-state index in [0.717, 1.165) is 24.3 Å². The van der Waals surface area contributed by atoms with Crippen molar-refractivity contribution in [1.29, 1.82) is 0 Å². The monoisotopic (exact) mass is 327 g/mol. The van der Waals surface area contributed by atoms with Crippen LogP contribution in [0.1, 0.15) is 31.2 Å². The maximum absolute atomic E-state index is 11.9. The molecule has 116 valence electrons. The lowest BCUT2D eigenvalue weighted by molar-refractivity contribution is 0.378. The second-order valence-corrected chi connectivity index (χ2v) is 8.85. The fourth-order valence-electron chi connectivity index (χ4n) is 3.19. The van der Waals surface area contributed by atoms with Crippen LogP contribution >= 0.6 is 11.6 Å². The summed E-state index contributed by atoms with van der Waals surface area (Å²) in [6, 6.07) is 5.09. The molecule has 0 radical (unpaired) electrons. The number of benzene rings is 1. The van der Waals surface area contributed by atoms with Crippen LogP contribution in [0, 0.1) is 17.8 Å². The van der Waals surface area contributed by atoms with Crippen LogP contribution in [0.3, 0.4) is 0 Å². The minimum atomic E-state index is -3.24. The Balaban J connectivity index is 1.67. The Hall–Kier alpha value is -0.580. The van der Waals surface area contributed by atoms with Crippen molar-refractivity contribution < 1.29 is 8.42 Å². The average Bonchev–Trinajstić information content (AvgIpc) is 3.26. The standard InChI is InChI=1S/C16H22ClNO2S/c1-21(19,20)16-4-2-3-15(17)14(16)10-18-9-13(11-5-6-11)12-7-8-12/h2-4,11-13,18H,5-10H2,1H3. The van der Waals surface area contributed by atoms with E-state index in [9.17, 15) is 8.42 Å². The molecule has 3 rings (SSSR count). The minimum absolute atomic E-state index is 0.344. The Kier molecular flexibility index (Phi) is 4.30. The first-order valence-electron chi connectivity index (χ1n) is 7.65. The Morgan fingerprint density at radius 2 is 1.86 bits per heavy atom. The molecule has 2 aliphatic carbocycles. The average molecular weight is 328 g/mol. The maximum Gasteiger partial charge on any atom is 0.175 e. The van der Waals surface area contributed by atoms with Crippen LogP contribution in [0.5, 0.6) is 0 Å². The van der Waals surface area contributed by atoms with Crippen molar-refractivity contribution in [3.63, 3.8) is 0 Å². The van der Waals surface area contributed by atoms with Crippen LogP contribution in [0.15, 0.2) is 23.1 Å². The van der Waals surface area contributed by atoms with Gasteiger partial charge in [-0.3, -0.25) is 0 Å². The van der Waals surface area contributed by atoms with Gasteiger partial charge in [0.1, 0.15) is 0 Å². The van der Waals surface area contributed by atoms with Gasteiger partial charge in [-0.25, -0.2) is 8.42 Å². The van der Waals surface area contributed by atoms with Gasteiger partial charge in [0, 0.05) is 23.4 Å². The predicted octanol–water partition coefficient (Wildman–Crippen LogP) is 3.27. The molecule has 21 heavy (non-hydrogen) atoms. The lowest BCUT2D eigenvalue weighted by atomic mass is 9.98. The zero-order valence-corrected chi connectivity index (χ0v) is 13.9. The minimum Gasteiger partial charge on any atom is -0.312 e. The van der Waals surface area contributed by atoms with E-state index in [4.69, 9.17) is 11.6 Å². The number of hydrogen-bond acceptors (Lipinski definition) is 3. The van der Waals surface area contributed by atoms with E-state index in [2.05, 4.69) is 5.32 Å². The topological polar surface area (TPSA) is 46.2 Å². The number of sulfone groups is 1. The highest BCUT2D eigenvalue weighted by atomic mass is 35.5. The molecule has 2 fully saturated rings. The van der Waals surface area contributed by atoms with E-state index in [1.54, 1.807) is 18.2 Å². The Morgan fingerprint density at radius 3 is 2.38 bits per heavy atom. The smallest absolute Gasteiger partial charge is 0.175 e. The molecule has 0 atom stereocenters. The highest BCUT2D eigenvalue weighted by Crippen LogP contribution is 2.48. The molecule has 0 heterocycles. The molecular weight excluding hydrogens is 306 g/mol. The van der Waals surface area contributed by atoms with Crippen molar-refractivity contribution in [1.82, 2.24) is 5.32 Å². The van der Waals surface area contributed by atoms with Gasteiger partial charge in [-0.15, -0.1) is 0 Å². The molecule has 0 aromatic heterocycles. The van der Waals surface area contributed by atoms with Crippen LogP contribution in [0.4, 0.5) is 0 Å². The zero-order chi connectivity index (χ0) is 15.0. The number of hydrogen-bond donors (Lipinski definition) is 1. The fraction of sp³-hybridized carbons (Fsp3) is 0.625. The summed E-state index contributed by atoms with van der Waals surface area (Å²) in [5, 5.41) is 3.98. The third kappa shape index (κ3) is 3.79. The van der Waals surface area contributed by atoms with E-state index in [1.165, 1.54) is 31.9 Å². The van der Waals surface area contributed by atoms with Gasteiger partial charge in [-0.2, -0.15) is 0 Å². The number of nitrogens with one attached hydrogen (secondary N) is 1. The molecule has 3 nitrogen and oxygen atoms in total. The molecule has 0 unspecified atom stereocenters. The third-order valence-electron chi connectivity index (χ3n) is 4.61. The number of halogens is 1. The molecule has 0 saturated heterocycles. The molecule has 0 spiro atoms. The quantitative estimate of drug-likeness (QED) is 0.836. The van der Waals surface area contributed by atoms with Crippen molar-refractivity contribution in [2.45, 2.75) is 37.1 Å². The molecule has 1 aromatic carbocycles. The summed E-state index contributed by atoms with van der Waals surface area (Å²) >= 11 is 6.20. The highest BCUT2D eigenvalue weighted by Gasteiger charge is 2.40. The Morgan fingerprint density at radius 1 is 1.24 bits per heavy atom. The number of rotatable bonds is 7. The van der Waals surface area contributed by atoms with Crippen LogP contribution in [0.25, 0.3) is 0 Å². The van der Waals surface area contributed by atoms with Gasteiger partial charge in [-0.05, 0) is 62.1 Å². The Labute approximate surface area is 132 Å². The van der Waals surface area contributed by atoms with Gasteiger partial charge in [0.15, 0.2) is 9.84 Å². The summed E-state index contributed by atoms with van der Waals surface area (Å²) < 4.78 is 23.7. The van der Waals surface area contributed by atoms with Crippen molar-refractivity contribution in [2.24, 2.45) is 17.8 Å². The molecule has 1 aromatic rings. The first-order chi connectivity index (χ1) is 9.97. The van der Waals surface area contributed by atoms with Crippen LogP contribution < -0.4 is 5.32 Å². The van der Waals surface area contributed by atoms with Gasteiger partial charge in [-0.1, -0.05) is 17.7 Å². The highest BCUT2D eigenvalue weighted by molar-refractivity contribution is 7.90. The molecule has 2 aliphatic rings. The van der Waals surface area contributed by atoms with E-state index in [-0.39, 0.29) is 0 Å². The molecule has 2 saturated carbocycles. The predicted molar refractivity (Wildman–Crippen MR) is 85.2 cm³/mol. The third-order valence-corrected chi connectivity index (χ3v) is 6.15. The Bertz CT molecular complexity index is 609. The van der Waals surface area contributed by atoms with Crippen molar-refractivity contribution >= 4 is 21.4 Å². The summed E-state index contributed by atoms with van der Waals surface area (Å²) in [6.45, 7) is 1.50. The normalized spacial score (nSPS) is 19.2. The molecule has 0 aliphatic heterocycles. The van der Waals surface area contributed by atoms with E-state index in [0.29, 0.717) is 22.0 Å². The SMILES string of the molecule is CS(=O)(=O)c1cccc(Cl)c1CNCC(C1CC1)C1CC1. The molecular formula is C16H22ClNO2S. The summed E-state index contributed by atoms with van der Waals surface area (Å²) in [5.41, 5.74) is 0.701.